The molecule has 0 aromatic heterocycles. The fourth-order valence-corrected chi connectivity index (χ4v) is 5.11. The van der Waals surface area contributed by atoms with Gasteiger partial charge in [-0.3, -0.25) is 19.2 Å². The molecule has 0 saturated carbocycles. The Balaban J connectivity index is 1.50. The van der Waals surface area contributed by atoms with Crippen LogP contribution in [-0.2, 0) is 49.5 Å². The number of carboxylic acids is 1. The van der Waals surface area contributed by atoms with E-state index in [-0.39, 0.29) is 19.6 Å². The predicted molar refractivity (Wildman–Crippen MR) is 163 cm³/mol. The van der Waals surface area contributed by atoms with Gasteiger partial charge in [0.2, 0.25) is 17.7 Å². The summed E-state index contributed by atoms with van der Waals surface area (Å²) < 4.78 is 30.7. The lowest BCUT2D eigenvalue weighted by molar-refractivity contribution is -0.349. The van der Waals surface area contributed by atoms with Crippen LogP contribution in [0.2, 0.25) is 0 Å². The van der Waals surface area contributed by atoms with Crippen LogP contribution in [0.25, 0.3) is 10.4 Å². The van der Waals surface area contributed by atoms with Gasteiger partial charge in [-0.2, -0.15) is 0 Å². The Kier molecular flexibility index (Phi) is 12.6. The van der Waals surface area contributed by atoms with E-state index in [0.29, 0.717) is 0 Å². The molecule has 2 aromatic rings. The third kappa shape index (κ3) is 9.71. The molecule has 16 heteroatoms. The van der Waals surface area contributed by atoms with Crippen molar-refractivity contribution in [3.8, 4) is 0 Å². The van der Waals surface area contributed by atoms with Gasteiger partial charge in [0.15, 0.2) is 12.6 Å². The van der Waals surface area contributed by atoms with Gasteiger partial charge >= 0.3 is 5.97 Å². The Hall–Kier alpha value is -4.57. The highest BCUT2D eigenvalue weighted by Gasteiger charge is 2.52. The number of carboxylic acid groups (broad SMARTS) is 1. The Labute approximate surface area is 270 Å². The highest BCUT2D eigenvalue weighted by Crippen LogP contribution is 2.37. The molecule has 4 rings (SSSR count). The first-order valence-electron chi connectivity index (χ1n) is 15.0. The summed E-state index contributed by atoms with van der Waals surface area (Å²) in [5, 5.41) is 17.7. The molecule has 0 spiro atoms. The number of ether oxygens (including phenoxy) is 5. The second-order valence-corrected chi connectivity index (χ2v) is 11.1. The van der Waals surface area contributed by atoms with E-state index >= 15 is 0 Å². The largest absolute Gasteiger partial charge is 0.481 e. The number of aliphatic carboxylic acids is 1. The number of nitrogens with two attached hydrogens (primary N) is 1. The standard InChI is InChI=1S/C31H38N6O10/c1-17(28(41)35-21(27(32)40)13-14-23(38)39)34-29(42)18(2)45-26-24(36-37-33)31(43-15-19-9-5-3-6-10-19)46-22-16-44-30(47-25(22)26)20-11-7-4-8-12-20/h3-12,17-18,21-22,24-26,30-31H,13-16H2,1-2H3,(H2,32,40)(H,34,42)(H,35,41)(H,38,39)/t17?,18?,21?,22-,24-,25-,26-,30+,31-/m1/s1. The number of carbonyl (C=O) groups is 4. The van der Waals surface area contributed by atoms with Crippen LogP contribution in [0.1, 0.15) is 44.1 Å². The fraction of sp³-hybridized carbons (Fsp3) is 0.484. The zero-order chi connectivity index (χ0) is 33.9. The smallest absolute Gasteiger partial charge is 0.303 e. The number of primary amides is 1. The Morgan fingerprint density at radius 3 is 2.36 bits per heavy atom. The second kappa shape index (κ2) is 16.8. The van der Waals surface area contributed by atoms with Crippen molar-refractivity contribution < 1.29 is 48.0 Å². The number of amides is 3. The maximum Gasteiger partial charge on any atom is 0.303 e. The number of azide groups is 1. The van der Waals surface area contributed by atoms with Crippen LogP contribution in [0.3, 0.4) is 0 Å². The first kappa shape index (κ1) is 35.3. The first-order chi connectivity index (χ1) is 22.6. The molecule has 2 aliphatic heterocycles. The minimum absolute atomic E-state index is 0.0823. The number of fused-ring (bicyclic) bond motifs is 1. The van der Waals surface area contributed by atoms with Crippen molar-refractivity contribution in [1.29, 1.82) is 0 Å². The number of nitrogens with one attached hydrogen (secondary N) is 2. The Morgan fingerprint density at radius 2 is 1.72 bits per heavy atom. The van der Waals surface area contributed by atoms with Crippen molar-refractivity contribution in [3.63, 3.8) is 0 Å². The number of nitrogens with zero attached hydrogens (tertiary/aromatic N) is 3. The maximum atomic E-state index is 13.3. The van der Waals surface area contributed by atoms with Crippen LogP contribution < -0.4 is 16.4 Å². The summed E-state index contributed by atoms with van der Waals surface area (Å²) in [6.45, 7) is 3.04. The van der Waals surface area contributed by atoms with Crippen molar-refractivity contribution in [2.24, 2.45) is 10.8 Å². The SMILES string of the molecule is CC(NC(=O)C(C)O[C@@H]1[C@@H](N=[N+]=[N-])[C@H](OCc2ccccc2)O[C@@H]2CO[C@H](c3ccccc3)O[C@@H]12)C(=O)NC(CCC(=O)O)C(N)=O. The van der Waals surface area contributed by atoms with Gasteiger partial charge in [0.25, 0.3) is 0 Å². The number of rotatable bonds is 15. The molecule has 3 unspecified atom stereocenters. The van der Waals surface area contributed by atoms with E-state index in [1.54, 1.807) is 0 Å². The van der Waals surface area contributed by atoms with E-state index in [4.69, 9.17) is 34.5 Å². The molecule has 2 aromatic carbocycles. The average Bonchev–Trinajstić information content (AvgIpc) is 3.07. The number of benzene rings is 2. The summed E-state index contributed by atoms with van der Waals surface area (Å²) in [7, 11) is 0. The van der Waals surface area contributed by atoms with E-state index in [0.717, 1.165) is 11.1 Å². The maximum absolute atomic E-state index is 13.3. The predicted octanol–water partition coefficient (Wildman–Crippen LogP) is 1.83. The molecule has 2 fully saturated rings. The minimum atomic E-state index is -1.24. The lowest BCUT2D eigenvalue weighted by atomic mass is 9.95. The zero-order valence-corrected chi connectivity index (χ0v) is 25.8. The van der Waals surface area contributed by atoms with Crippen molar-refractivity contribution in [3.05, 3.63) is 82.2 Å². The summed E-state index contributed by atoms with van der Waals surface area (Å²) in [4.78, 5) is 51.6. The molecule has 0 bridgehead atoms. The van der Waals surface area contributed by atoms with Gasteiger partial charge in [-0.1, -0.05) is 65.8 Å². The summed E-state index contributed by atoms with van der Waals surface area (Å²) in [5.74, 6) is -3.54. The lowest BCUT2D eigenvalue weighted by Crippen LogP contribution is -2.63. The minimum Gasteiger partial charge on any atom is -0.481 e. The van der Waals surface area contributed by atoms with Gasteiger partial charge in [0.1, 0.15) is 42.5 Å². The van der Waals surface area contributed by atoms with Crippen LogP contribution >= 0.6 is 0 Å². The third-order valence-electron chi connectivity index (χ3n) is 7.61. The topological polar surface area (TPSA) is 234 Å². The van der Waals surface area contributed by atoms with Gasteiger partial charge in [-0.05, 0) is 31.4 Å². The molecule has 2 heterocycles. The average molecular weight is 655 g/mol. The Morgan fingerprint density at radius 1 is 1.04 bits per heavy atom. The fourth-order valence-electron chi connectivity index (χ4n) is 5.11. The summed E-state index contributed by atoms with van der Waals surface area (Å²) in [5.41, 5.74) is 16.4. The quantitative estimate of drug-likeness (QED) is 0.124. The molecular weight excluding hydrogens is 616 g/mol. The van der Waals surface area contributed by atoms with Gasteiger partial charge in [0.05, 0.1) is 13.2 Å². The number of hydrogen-bond acceptors (Lipinski definition) is 10. The first-order valence-corrected chi connectivity index (χ1v) is 15.0. The third-order valence-corrected chi connectivity index (χ3v) is 7.61. The second-order valence-electron chi connectivity index (χ2n) is 11.1. The van der Waals surface area contributed by atoms with Crippen LogP contribution in [0.4, 0.5) is 0 Å². The molecule has 2 saturated heterocycles. The van der Waals surface area contributed by atoms with Crippen LogP contribution in [0.5, 0.6) is 0 Å². The Bertz CT molecular complexity index is 1430. The van der Waals surface area contributed by atoms with Gasteiger partial charge < -0.3 is 45.2 Å². The van der Waals surface area contributed by atoms with Crippen LogP contribution in [-0.4, -0.2) is 84.2 Å². The molecular formula is C31H38N6O10. The summed E-state index contributed by atoms with van der Waals surface area (Å²) in [6, 6.07) is 15.0. The highest BCUT2D eigenvalue weighted by molar-refractivity contribution is 5.92. The molecule has 47 heavy (non-hydrogen) atoms. The molecule has 0 radical (unpaired) electrons. The number of carbonyl (C=O) groups excluding carboxylic acids is 3. The molecule has 16 nitrogen and oxygen atoms in total. The van der Waals surface area contributed by atoms with Crippen molar-refractivity contribution in [2.45, 2.75) is 88.4 Å². The monoisotopic (exact) mass is 654 g/mol. The lowest BCUT2D eigenvalue weighted by Gasteiger charge is -2.48. The molecule has 9 atom stereocenters. The van der Waals surface area contributed by atoms with Crippen LogP contribution in [0, 0.1) is 0 Å². The van der Waals surface area contributed by atoms with Gasteiger partial charge in [-0.25, -0.2) is 0 Å². The van der Waals surface area contributed by atoms with E-state index in [1.165, 1.54) is 13.8 Å². The molecule has 252 valence electrons. The van der Waals surface area contributed by atoms with Crippen molar-refractivity contribution in [2.75, 3.05) is 6.61 Å². The summed E-state index contributed by atoms with van der Waals surface area (Å²) in [6.07, 6.45) is -6.34. The van der Waals surface area contributed by atoms with Crippen molar-refractivity contribution >= 4 is 23.7 Å². The number of hydrogen-bond donors (Lipinski definition) is 4. The zero-order valence-electron chi connectivity index (χ0n) is 25.8. The molecule has 3 amide bonds. The van der Waals surface area contributed by atoms with Gasteiger partial charge in [-0.15, -0.1) is 0 Å². The van der Waals surface area contributed by atoms with E-state index in [2.05, 4.69) is 20.7 Å². The van der Waals surface area contributed by atoms with Crippen LogP contribution in [0.15, 0.2) is 65.8 Å². The molecule has 0 aliphatic carbocycles. The van der Waals surface area contributed by atoms with Gasteiger partial charge in [0, 0.05) is 16.9 Å². The van der Waals surface area contributed by atoms with E-state index in [1.807, 2.05) is 60.7 Å². The normalized spacial score (nSPS) is 25.6. The van der Waals surface area contributed by atoms with E-state index < -0.39 is 85.2 Å². The molecule has 2 aliphatic rings. The summed E-state index contributed by atoms with van der Waals surface area (Å²) >= 11 is 0. The van der Waals surface area contributed by atoms with E-state index in [9.17, 15) is 24.7 Å². The molecule has 5 N–H and O–H groups in total. The van der Waals surface area contributed by atoms with Crippen molar-refractivity contribution in [1.82, 2.24) is 10.6 Å². The highest BCUT2D eigenvalue weighted by atomic mass is 16.8.